The highest BCUT2D eigenvalue weighted by Crippen LogP contribution is 2.30. The molecule has 2 unspecified atom stereocenters. The Morgan fingerprint density at radius 2 is 2.00 bits per heavy atom. The van der Waals surface area contributed by atoms with Crippen LogP contribution < -0.4 is 0 Å². The highest BCUT2D eigenvalue weighted by Gasteiger charge is 2.22. The van der Waals surface area contributed by atoms with Gasteiger partial charge in [-0.2, -0.15) is 0 Å². The van der Waals surface area contributed by atoms with Gasteiger partial charge in [0, 0.05) is 16.2 Å². The average Bonchev–Trinajstić information content (AvgIpc) is 2.30. The van der Waals surface area contributed by atoms with E-state index in [-0.39, 0.29) is 17.1 Å². The molecule has 0 N–H and O–H groups in total. The minimum Gasteiger partial charge on any atom is -0.469 e. The predicted molar refractivity (Wildman–Crippen MR) is 62.9 cm³/mol. The van der Waals surface area contributed by atoms with E-state index in [1.807, 2.05) is 0 Å². The summed E-state index contributed by atoms with van der Waals surface area (Å²) in [7, 11) is 1.31. The minimum atomic E-state index is -0.612. The van der Waals surface area contributed by atoms with Gasteiger partial charge in [-0.05, 0) is 12.1 Å². The molecule has 0 spiro atoms. The Morgan fingerprint density at radius 3 is 2.53 bits per heavy atom. The zero-order chi connectivity index (χ0) is 13.0. The van der Waals surface area contributed by atoms with Crippen molar-refractivity contribution in [1.29, 1.82) is 0 Å². The van der Waals surface area contributed by atoms with Crippen molar-refractivity contribution in [3.8, 4) is 0 Å². The van der Waals surface area contributed by atoms with Gasteiger partial charge >= 0.3 is 5.97 Å². The Hall–Kier alpha value is -1.10. The first-order valence-corrected chi connectivity index (χ1v) is 6.03. The van der Waals surface area contributed by atoms with E-state index in [1.54, 1.807) is 13.8 Å². The maximum absolute atomic E-state index is 13.4. The topological polar surface area (TPSA) is 26.3 Å². The molecule has 2 nitrogen and oxygen atoms in total. The molecular weight excluding hydrogens is 246 g/mol. The molecule has 1 aromatic rings. The molecule has 94 valence electrons. The van der Waals surface area contributed by atoms with Crippen molar-refractivity contribution in [3.63, 3.8) is 0 Å². The lowest BCUT2D eigenvalue weighted by Crippen LogP contribution is -2.22. The molecule has 0 saturated heterocycles. The molecule has 0 bridgehead atoms. The molecule has 0 aliphatic heterocycles. The summed E-state index contributed by atoms with van der Waals surface area (Å²) in [6.07, 6.45) is 0. The van der Waals surface area contributed by atoms with E-state index in [1.165, 1.54) is 31.0 Å². The van der Waals surface area contributed by atoms with Gasteiger partial charge in [-0.1, -0.05) is 13.8 Å². The molecule has 17 heavy (non-hydrogen) atoms. The first-order chi connectivity index (χ1) is 7.95. The third-order valence-electron chi connectivity index (χ3n) is 2.48. The van der Waals surface area contributed by atoms with Crippen LogP contribution in [-0.4, -0.2) is 18.3 Å². The lowest BCUT2D eigenvalue weighted by Gasteiger charge is -2.17. The SMILES string of the molecule is COC(=O)C(C)C(C)Sc1ccc(F)cc1F. The molecule has 0 amide bonds. The quantitative estimate of drug-likeness (QED) is 0.614. The molecule has 1 rings (SSSR count). The van der Waals surface area contributed by atoms with E-state index >= 15 is 0 Å². The number of ether oxygens (including phenoxy) is 1. The molecule has 0 fully saturated rings. The number of esters is 1. The Kier molecular flexibility index (Phi) is 4.93. The summed E-state index contributed by atoms with van der Waals surface area (Å²) in [5.74, 6) is -1.92. The summed E-state index contributed by atoms with van der Waals surface area (Å²) in [6.45, 7) is 3.51. The lowest BCUT2D eigenvalue weighted by atomic mass is 10.1. The molecule has 1 aromatic carbocycles. The van der Waals surface area contributed by atoms with E-state index in [9.17, 15) is 13.6 Å². The fourth-order valence-corrected chi connectivity index (χ4v) is 2.28. The van der Waals surface area contributed by atoms with Crippen molar-refractivity contribution in [1.82, 2.24) is 0 Å². The van der Waals surface area contributed by atoms with Crippen LogP contribution >= 0.6 is 11.8 Å². The van der Waals surface area contributed by atoms with Crippen LogP contribution in [-0.2, 0) is 9.53 Å². The normalized spacial score (nSPS) is 14.2. The van der Waals surface area contributed by atoms with Crippen molar-refractivity contribution in [2.24, 2.45) is 5.92 Å². The van der Waals surface area contributed by atoms with Crippen LogP contribution in [0, 0.1) is 17.6 Å². The molecule has 5 heteroatoms. The van der Waals surface area contributed by atoms with E-state index in [2.05, 4.69) is 4.74 Å². The monoisotopic (exact) mass is 260 g/mol. The Labute approximate surface area is 103 Å². The first kappa shape index (κ1) is 14.0. The summed E-state index contributed by atoms with van der Waals surface area (Å²) >= 11 is 1.19. The molecule has 0 heterocycles. The number of hydrogen-bond acceptors (Lipinski definition) is 3. The van der Waals surface area contributed by atoms with E-state index in [0.717, 1.165) is 6.07 Å². The van der Waals surface area contributed by atoms with Crippen molar-refractivity contribution in [3.05, 3.63) is 29.8 Å². The van der Waals surface area contributed by atoms with Gasteiger partial charge in [0.25, 0.3) is 0 Å². The molecule has 0 aliphatic rings. The van der Waals surface area contributed by atoms with Gasteiger partial charge < -0.3 is 4.74 Å². The minimum absolute atomic E-state index is 0.151. The summed E-state index contributed by atoms with van der Waals surface area (Å²) in [6, 6.07) is 3.40. The highest BCUT2D eigenvalue weighted by molar-refractivity contribution is 8.00. The molecular formula is C12H14F2O2S. The number of carbonyl (C=O) groups excluding carboxylic acids is 1. The van der Waals surface area contributed by atoms with Gasteiger partial charge in [-0.3, -0.25) is 4.79 Å². The standard InChI is InChI=1S/C12H14F2O2S/c1-7(12(15)16-3)8(2)17-11-5-4-9(13)6-10(11)14/h4-8H,1-3H3. The maximum atomic E-state index is 13.4. The second-order valence-corrected chi connectivity index (χ2v) is 5.13. The van der Waals surface area contributed by atoms with Crippen LogP contribution in [0.3, 0.4) is 0 Å². The largest absolute Gasteiger partial charge is 0.469 e. The zero-order valence-corrected chi connectivity index (χ0v) is 10.7. The predicted octanol–water partition coefficient (Wildman–Crippen LogP) is 3.25. The van der Waals surface area contributed by atoms with Gasteiger partial charge in [0.2, 0.25) is 0 Å². The van der Waals surface area contributed by atoms with Crippen LogP contribution in [0.4, 0.5) is 8.78 Å². The number of thioether (sulfide) groups is 1. The molecule has 0 radical (unpaired) electrons. The lowest BCUT2D eigenvalue weighted by molar-refractivity contribution is -0.144. The van der Waals surface area contributed by atoms with E-state index in [4.69, 9.17) is 0 Å². The first-order valence-electron chi connectivity index (χ1n) is 5.15. The number of rotatable bonds is 4. The molecule has 2 atom stereocenters. The summed E-state index contributed by atoms with van der Waals surface area (Å²) in [5, 5.41) is -0.151. The fraction of sp³-hybridized carbons (Fsp3) is 0.417. The average molecular weight is 260 g/mol. The number of hydrogen-bond donors (Lipinski definition) is 0. The number of benzene rings is 1. The molecule has 0 aromatic heterocycles. The van der Waals surface area contributed by atoms with Crippen LogP contribution in [0.15, 0.2) is 23.1 Å². The summed E-state index contributed by atoms with van der Waals surface area (Å²) < 4.78 is 30.7. The second kappa shape index (κ2) is 6.00. The third kappa shape index (κ3) is 3.70. The Bertz CT molecular complexity index is 409. The Balaban J connectivity index is 2.74. The number of carbonyl (C=O) groups is 1. The van der Waals surface area contributed by atoms with Crippen LogP contribution in [0.2, 0.25) is 0 Å². The summed E-state index contributed by atoms with van der Waals surface area (Å²) in [5.41, 5.74) is 0. The maximum Gasteiger partial charge on any atom is 0.309 e. The van der Waals surface area contributed by atoms with Crippen LogP contribution in [0.25, 0.3) is 0 Å². The van der Waals surface area contributed by atoms with E-state index in [0.29, 0.717) is 4.90 Å². The van der Waals surface area contributed by atoms with Crippen molar-refractivity contribution in [2.45, 2.75) is 24.0 Å². The van der Waals surface area contributed by atoms with Crippen molar-refractivity contribution >= 4 is 17.7 Å². The third-order valence-corrected chi connectivity index (χ3v) is 3.85. The smallest absolute Gasteiger partial charge is 0.309 e. The number of methoxy groups -OCH3 is 1. The van der Waals surface area contributed by atoms with Crippen LogP contribution in [0.1, 0.15) is 13.8 Å². The fourth-order valence-electron chi connectivity index (χ4n) is 1.25. The van der Waals surface area contributed by atoms with Gasteiger partial charge in [0.05, 0.1) is 13.0 Å². The van der Waals surface area contributed by atoms with Crippen molar-refractivity contribution in [2.75, 3.05) is 7.11 Å². The summed E-state index contributed by atoms with van der Waals surface area (Å²) in [4.78, 5) is 11.6. The second-order valence-electron chi connectivity index (χ2n) is 3.71. The molecule has 0 aliphatic carbocycles. The van der Waals surface area contributed by atoms with Gasteiger partial charge in [-0.25, -0.2) is 8.78 Å². The number of halogens is 2. The van der Waals surface area contributed by atoms with Gasteiger partial charge in [0.15, 0.2) is 0 Å². The van der Waals surface area contributed by atoms with Crippen LogP contribution in [0.5, 0.6) is 0 Å². The molecule has 0 saturated carbocycles. The zero-order valence-electron chi connectivity index (χ0n) is 9.87. The van der Waals surface area contributed by atoms with E-state index < -0.39 is 11.6 Å². The Morgan fingerprint density at radius 1 is 1.35 bits per heavy atom. The van der Waals surface area contributed by atoms with Gasteiger partial charge in [0.1, 0.15) is 11.6 Å². The highest BCUT2D eigenvalue weighted by atomic mass is 32.2. The van der Waals surface area contributed by atoms with Crippen molar-refractivity contribution < 1.29 is 18.3 Å². The van der Waals surface area contributed by atoms with Gasteiger partial charge in [-0.15, -0.1) is 11.8 Å².